The van der Waals surface area contributed by atoms with Crippen LogP contribution < -0.4 is 10.2 Å². The largest absolute Gasteiger partial charge is 0.464 e. The predicted octanol–water partition coefficient (Wildman–Crippen LogP) is -0.330. The molecule has 1 aliphatic heterocycles. The third kappa shape index (κ3) is 2.71. The summed E-state index contributed by atoms with van der Waals surface area (Å²) >= 11 is 0. The first kappa shape index (κ1) is 15.9. The summed E-state index contributed by atoms with van der Waals surface area (Å²) in [6, 6.07) is 5.56. The van der Waals surface area contributed by atoms with Crippen LogP contribution in [0.1, 0.15) is 12.8 Å². The number of hydrogen-bond acceptors (Lipinski definition) is 8. The van der Waals surface area contributed by atoms with Gasteiger partial charge in [0.2, 0.25) is 0 Å². The molecule has 4 N–H and O–H groups in total. The van der Waals surface area contributed by atoms with E-state index >= 15 is 0 Å². The van der Waals surface area contributed by atoms with Gasteiger partial charge in [-0.3, -0.25) is 4.79 Å². The van der Waals surface area contributed by atoms with Crippen LogP contribution in [0.15, 0.2) is 39.7 Å². The Balaban J connectivity index is 2.05. The number of aliphatic hydroxyl groups is 4. The molecule has 2 heterocycles. The lowest BCUT2D eigenvalue weighted by molar-refractivity contribution is -0.474. The Morgan fingerprint density at radius 1 is 1.26 bits per heavy atom. The number of ether oxygens (including phenoxy) is 2. The predicted molar refractivity (Wildman–Crippen MR) is 76.4 cm³/mol. The molecular formula is C15H16O8. The molecule has 0 radical (unpaired) electrons. The molecule has 1 aromatic carbocycles. The molecule has 1 aromatic heterocycles. The van der Waals surface area contributed by atoms with Crippen molar-refractivity contribution in [3.05, 3.63) is 40.8 Å². The van der Waals surface area contributed by atoms with Crippen LogP contribution in [-0.2, 0) is 4.74 Å². The van der Waals surface area contributed by atoms with Crippen LogP contribution in [0.5, 0.6) is 5.75 Å². The second kappa shape index (κ2) is 5.59. The molecule has 1 fully saturated rings. The second-order valence-electron chi connectivity index (χ2n) is 5.38. The minimum Gasteiger partial charge on any atom is -0.464 e. The Bertz CT molecular complexity index is 762. The van der Waals surface area contributed by atoms with E-state index in [0.29, 0.717) is 0 Å². The summed E-state index contributed by atoms with van der Waals surface area (Å²) in [5, 5.41) is 39.6. The SMILES string of the molecule is O=c1ccoc2cccc(OC3(O)OC(CO)CCC3(O)O)c12. The van der Waals surface area contributed by atoms with Crippen molar-refractivity contribution in [2.75, 3.05) is 6.61 Å². The zero-order valence-corrected chi connectivity index (χ0v) is 12.0. The highest BCUT2D eigenvalue weighted by Gasteiger charge is 2.57. The van der Waals surface area contributed by atoms with Gasteiger partial charge in [0.1, 0.15) is 16.7 Å². The summed E-state index contributed by atoms with van der Waals surface area (Å²) in [6.45, 7) is -0.431. The lowest BCUT2D eigenvalue weighted by atomic mass is 10.0. The topological polar surface area (TPSA) is 130 Å². The van der Waals surface area contributed by atoms with Gasteiger partial charge in [0, 0.05) is 12.5 Å². The quantitative estimate of drug-likeness (QED) is 0.565. The van der Waals surface area contributed by atoms with E-state index in [-0.39, 0.29) is 29.6 Å². The Morgan fingerprint density at radius 3 is 2.78 bits per heavy atom. The average molecular weight is 324 g/mol. The summed E-state index contributed by atoms with van der Waals surface area (Å²) in [7, 11) is 0. The van der Waals surface area contributed by atoms with Crippen molar-refractivity contribution in [1.29, 1.82) is 0 Å². The van der Waals surface area contributed by atoms with Crippen molar-refractivity contribution in [2.45, 2.75) is 30.7 Å². The van der Waals surface area contributed by atoms with Gasteiger partial charge in [0.25, 0.3) is 5.79 Å². The first-order chi connectivity index (χ1) is 10.9. The third-order valence-electron chi connectivity index (χ3n) is 3.75. The first-order valence-corrected chi connectivity index (χ1v) is 7.02. The number of benzene rings is 1. The number of fused-ring (bicyclic) bond motifs is 1. The molecule has 8 heteroatoms. The minimum atomic E-state index is -2.84. The summed E-state index contributed by atoms with van der Waals surface area (Å²) in [4.78, 5) is 12.0. The van der Waals surface area contributed by atoms with Gasteiger partial charge in [-0.25, -0.2) is 0 Å². The van der Waals surface area contributed by atoms with Crippen LogP contribution in [0.2, 0.25) is 0 Å². The van der Waals surface area contributed by atoms with Crippen LogP contribution in [0.25, 0.3) is 11.0 Å². The fourth-order valence-corrected chi connectivity index (χ4v) is 2.47. The van der Waals surface area contributed by atoms with Crippen molar-refractivity contribution in [1.82, 2.24) is 0 Å². The highest BCUT2D eigenvalue weighted by molar-refractivity contribution is 5.83. The van der Waals surface area contributed by atoms with E-state index in [0.717, 1.165) is 0 Å². The average Bonchev–Trinajstić information content (AvgIpc) is 2.50. The molecule has 0 spiro atoms. The van der Waals surface area contributed by atoms with Gasteiger partial charge in [0.15, 0.2) is 5.43 Å². The fraction of sp³-hybridized carbons (Fsp3) is 0.400. The third-order valence-corrected chi connectivity index (χ3v) is 3.75. The van der Waals surface area contributed by atoms with Crippen molar-refractivity contribution in [2.24, 2.45) is 0 Å². The summed E-state index contributed by atoms with van der Waals surface area (Å²) in [5.74, 6) is -5.68. The second-order valence-corrected chi connectivity index (χ2v) is 5.38. The van der Waals surface area contributed by atoms with Gasteiger partial charge in [-0.2, -0.15) is 0 Å². The van der Waals surface area contributed by atoms with E-state index in [1.807, 2.05) is 0 Å². The number of hydrogen-bond donors (Lipinski definition) is 4. The highest BCUT2D eigenvalue weighted by Crippen LogP contribution is 2.37. The molecule has 124 valence electrons. The van der Waals surface area contributed by atoms with Crippen molar-refractivity contribution in [3.8, 4) is 5.75 Å². The van der Waals surface area contributed by atoms with Crippen LogP contribution >= 0.6 is 0 Å². The van der Waals surface area contributed by atoms with Crippen LogP contribution in [-0.4, -0.2) is 44.9 Å². The molecule has 2 unspecified atom stereocenters. The normalized spacial score (nSPS) is 27.0. The van der Waals surface area contributed by atoms with E-state index in [4.69, 9.17) is 19.0 Å². The maximum atomic E-state index is 12.0. The van der Waals surface area contributed by atoms with Crippen molar-refractivity contribution in [3.63, 3.8) is 0 Å². The van der Waals surface area contributed by atoms with E-state index in [2.05, 4.69) is 0 Å². The summed E-state index contributed by atoms with van der Waals surface area (Å²) < 4.78 is 15.5. The molecule has 23 heavy (non-hydrogen) atoms. The summed E-state index contributed by atoms with van der Waals surface area (Å²) in [6.07, 6.45) is 0.213. The molecule has 8 nitrogen and oxygen atoms in total. The van der Waals surface area contributed by atoms with Gasteiger partial charge in [-0.05, 0) is 18.6 Å². The molecular weight excluding hydrogens is 308 g/mol. The van der Waals surface area contributed by atoms with Crippen LogP contribution in [0.3, 0.4) is 0 Å². The van der Waals surface area contributed by atoms with Gasteiger partial charge < -0.3 is 34.3 Å². The van der Waals surface area contributed by atoms with Crippen LogP contribution in [0.4, 0.5) is 0 Å². The molecule has 0 amide bonds. The van der Waals surface area contributed by atoms with Crippen LogP contribution in [0, 0.1) is 0 Å². The van der Waals surface area contributed by atoms with E-state index < -0.39 is 29.9 Å². The fourth-order valence-electron chi connectivity index (χ4n) is 2.47. The van der Waals surface area contributed by atoms with E-state index in [1.54, 1.807) is 0 Å². The molecule has 2 aromatic rings. The Kier molecular flexibility index (Phi) is 3.86. The van der Waals surface area contributed by atoms with Gasteiger partial charge in [-0.15, -0.1) is 0 Å². The van der Waals surface area contributed by atoms with Gasteiger partial charge in [-0.1, -0.05) is 6.07 Å². The van der Waals surface area contributed by atoms with Crippen molar-refractivity contribution >= 4 is 11.0 Å². The Hall–Kier alpha value is -1.97. The molecule has 1 aliphatic rings. The maximum absolute atomic E-state index is 12.0. The number of rotatable bonds is 3. The highest BCUT2D eigenvalue weighted by atomic mass is 16.9. The molecule has 2 atom stereocenters. The zero-order chi connectivity index (χ0) is 16.7. The molecule has 0 aliphatic carbocycles. The molecule has 1 saturated heterocycles. The summed E-state index contributed by atoms with van der Waals surface area (Å²) in [5.41, 5.74) is -0.226. The number of aliphatic hydroxyl groups excluding tert-OH is 1. The van der Waals surface area contributed by atoms with Crippen molar-refractivity contribution < 1.29 is 34.3 Å². The van der Waals surface area contributed by atoms with Gasteiger partial charge in [0.05, 0.1) is 19.0 Å². The lowest BCUT2D eigenvalue weighted by Crippen LogP contribution is -2.64. The molecule has 0 saturated carbocycles. The monoisotopic (exact) mass is 324 g/mol. The van der Waals surface area contributed by atoms with E-state index in [1.165, 1.54) is 30.5 Å². The van der Waals surface area contributed by atoms with Gasteiger partial charge >= 0.3 is 5.97 Å². The smallest absolute Gasteiger partial charge is 0.382 e. The molecule has 0 bridgehead atoms. The Morgan fingerprint density at radius 2 is 2.04 bits per heavy atom. The first-order valence-electron chi connectivity index (χ1n) is 7.02. The minimum absolute atomic E-state index is 0.0222. The van der Waals surface area contributed by atoms with E-state index in [9.17, 15) is 20.1 Å². The maximum Gasteiger partial charge on any atom is 0.382 e. The lowest BCUT2D eigenvalue weighted by Gasteiger charge is -2.44. The zero-order valence-electron chi connectivity index (χ0n) is 12.0. The Labute approximate surface area is 130 Å². The molecule has 3 rings (SSSR count). The standard InChI is InChI=1S/C15H16O8/c16-8-9-4-6-14(18,19)15(20,22-9)23-12-3-1-2-11-13(12)10(17)5-7-21-11/h1-3,5,7,9,16,18-20H,4,6,8H2.